The fraction of sp³-hybridized carbons (Fsp3) is 0.438. The Morgan fingerprint density at radius 2 is 2.00 bits per heavy atom. The van der Waals surface area contributed by atoms with Crippen molar-refractivity contribution in [3.05, 3.63) is 42.0 Å². The highest BCUT2D eigenvalue weighted by atomic mass is 32.2. The van der Waals surface area contributed by atoms with E-state index >= 15 is 0 Å². The van der Waals surface area contributed by atoms with Crippen molar-refractivity contribution in [2.75, 3.05) is 18.8 Å². The van der Waals surface area contributed by atoms with Gasteiger partial charge >= 0.3 is 0 Å². The van der Waals surface area contributed by atoms with Crippen molar-refractivity contribution in [3.63, 3.8) is 0 Å². The van der Waals surface area contributed by atoms with Crippen LogP contribution in [0.25, 0.3) is 0 Å². The van der Waals surface area contributed by atoms with Crippen molar-refractivity contribution in [2.24, 2.45) is 5.92 Å². The van der Waals surface area contributed by atoms with Gasteiger partial charge in [-0.1, -0.05) is 12.2 Å². The van der Waals surface area contributed by atoms with Gasteiger partial charge in [0.15, 0.2) is 9.84 Å². The van der Waals surface area contributed by atoms with Gasteiger partial charge in [-0.3, -0.25) is 0 Å². The number of nitrogens with one attached hydrogen (secondary N) is 1. The molecule has 0 aliphatic heterocycles. The molecular formula is C16H20N2O2S. The van der Waals surface area contributed by atoms with Gasteiger partial charge in [0.2, 0.25) is 0 Å². The van der Waals surface area contributed by atoms with Crippen LogP contribution in [0.2, 0.25) is 0 Å². The molecule has 1 aromatic rings. The molecule has 4 nitrogen and oxygen atoms in total. The predicted octanol–water partition coefficient (Wildman–Crippen LogP) is 2.28. The summed E-state index contributed by atoms with van der Waals surface area (Å²) in [4.78, 5) is 0.281. The lowest BCUT2D eigenvalue weighted by Crippen LogP contribution is -2.28. The quantitative estimate of drug-likeness (QED) is 0.646. The van der Waals surface area contributed by atoms with E-state index in [1.54, 1.807) is 0 Å². The van der Waals surface area contributed by atoms with Gasteiger partial charge in [-0.15, -0.1) is 0 Å². The molecule has 0 bridgehead atoms. The summed E-state index contributed by atoms with van der Waals surface area (Å²) in [5.74, 6) is 0.703. The number of nitriles is 1. The Morgan fingerprint density at radius 1 is 1.24 bits per heavy atom. The smallest absolute Gasteiger partial charge is 0.179 e. The Balaban J connectivity index is 1.80. The molecule has 112 valence electrons. The topological polar surface area (TPSA) is 70.0 Å². The minimum absolute atomic E-state index is 0.0848. The van der Waals surface area contributed by atoms with E-state index in [0.717, 1.165) is 19.4 Å². The molecule has 1 aliphatic rings. The molecule has 0 saturated carbocycles. The molecule has 2 rings (SSSR count). The summed E-state index contributed by atoms with van der Waals surface area (Å²) in [7, 11) is -3.27. The van der Waals surface area contributed by atoms with Gasteiger partial charge in [0.05, 0.1) is 22.3 Å². The van der Waals surface area contributed by atoms with E-state index in [1.165, 1.54) is 30.7 Å². The van der Waals surface area contributed by atoms with Crippen molar-refractivity contribution >= 4 is 9.84 Å². The maximum Gasteiger partial charge on any atom is 0.179 e. The third-order valence-electron chi connectivity index (χ3n) is 3.70. The summed E-state index contributed by atoms with van der Waals surface area (Å²) in [5, 5.41) is 12.0. The normalized spacial score (nSPS) is 18.3. The van der Waals surface area contributed by atoms with Crippen LogP contribution in [0.5, 0.6) is 0 Å². The lowest BCUT2D eigenvalue weighted by Gasteiger charge is -2.18. The first-order valence-electron chi connectivity index (χ1n) is 7.20. The first-order chi connectivity index (χ1) is 10.1. The molecule has 1 unspecified atom stereocenters. The molecule has 21 heavy (non-hydrogen) atoms. The van der Waals surface area contributed by atoms with Crippen LogP contribution in [0.3, 0.4) is 0 Å². The fourth-order valence-electron chi connectivity index (χ4n) is 2.41. The SMILES string of the molecule is N#Cc1ccc(S(=O)(=O)CCNCC2CC=CCC2)cc1. The first-order valence-corrected chi connectivity index (χ1v) is 8.86. The molecule has 1 atom stereocenters. The zero-order chi connectivity index (χ0) is 15.1. The molecule has 1 aromatic carbocycles. The molecule has 0 radical (unpaired) electrons. The minimum atomic E-state index is -3.27. The van der Waals surface area contributed by atoms with Gasteiger partial charge in [-0.25, -0.2) is 8.42 Å². The third-order valence-corrected chi connectivity index (χ3v) is 5.43. The predicted molar refractivity (Wildman–Crippen MR) is 82.6 cm³/mol. The van der Waals surface area contributed by atoms with Gasteiger partial charge in [0, 0.05) is 6.54 Å². The van der Waals surface area contributed by atoms with Crippen LogP contribution in [0.4, 0.5) is 0 Å². The number of hydrogen-bond acceptors (Lipinski definition) is 4. The van der Waals surface area contributed by atoms with Crippen LogP contribution < -0.4 is 5.32 Å². The van der Waals surface area contributed by atoms with Crippen LogP contribution in [0.15, 0.2) is 41.3 Å². The van der Waals surface area contributed by atoms with Gasteiger partial charge in [0.25, 0.3) is 0 Å². The van der Waals surface area contributed by atoms with E-state index < -0.39 is 9.84 Å². The standard InChI is InChI=1S/C16H20N2O2S/c17-12-14-6-8-16(9-7-14)21(19,20)11-10-18-13-15-4-2-1-3-5-15/h1-2,6-9,15,18H,3-5,10-11,13H2. The lowest BCUT2D eigenvalue weighted by molar-refractivity contribution is 0.446. The van der Waals surface area contributed by atoms with Gasteiger partial charge in [-0.2, -0.15) is 5.26 Å². The van der Waals surface area contributed by atoms with Crippen molar-refractivity contribution in [2.45, 2.75) is 24.2 Å². The molecule has 0 amide bonds. The van der Waals surface area contributed by atoms with Crippen molar-refractivity contribution in [1.82, 2.24) is 5.32 Å². The monoisotopic (exact) mass is 304 g/mol. The highest BCUT2D eigenvalue weighted by molar-refractivity contribution is 7.91. The molecular weight excluding hydrogens is 284 g/mol. The van der Waals surface area contributed by atoms with Crippen LogP contribution in [-0.4, -0.2) is 27.3 Å². The zero-order valence-corrected chi connectivity index (χ0v) is 12.8. The average molecular weight is 304 g/mol. The zero-order valence-electron chi connectivity index (χ0n) is 12.0. The average Bonchev–Trinajstić information content (AvgIpc) is 2.53. The Kier molecular flexibility index (Phi) is 5.54. The number of hydrogen-bond donors (Lipinski definition) is 1. The Labute approximate surface area is 126 Å². The van der Waals surface area contributed by atoms with Gasteiger partial charge < -0.3 is 5.32 Å². The molecule has 1 N–H and O–H groups in total. The van der Waals surface area contributed by atoms with Crippen molar-refractivity contribution in [3.8, 4) is 6.07 Å². The molecule has 0 heterocycles. The third kappa shape index (κ3) is 4.69. The van der Waals surface area contributed by atoms with E-state index in [2.05, 4.69) is 17.5 Å². The molecule has 0 saturated heterocycles. The second-order valence-electron chi connectivity index (χ2n) is 5.31. The van der Waals surface area contributed by atoms with E-state index in [4.69, 9.17) is 5.26 Å². The Morgan fingerprint density at radius 3 is 2.62 bits per heavy atom. The molecule has 0 fully saturated rings. The van der Waals surface area contributed by atoms with Gasteiger partial charge in [0.1, 0.15) is 0 Å². The van der Waals surface area contributed by atoms with Gasteiger partial charge in [-0.05, 0) is 56.0 Å². The van der Waals surface area contributed by atoms with Crippen LogP contribution >= 0.6 is 0 Å². The number of sulfone groups is 1. The molecule has 0 aromatic heterocycles. The first kappa shape index (κ1) is 15.7. The fourth-order valence-corrected chi connectivity index (χ4v) is 3.61. The number of rotatable bonds is 6. The van der Waals surface area contributed by atoms with E-state index in [9.17, 15) is 8.42 Å². The molecule has 1 aliphatic carbocycles. The highest BCUT2D eigenvalue weighted by Crippen LogP contribution is 2.17. The summed E-state index contributed by atoms with van der Waals surface area (Å²) in [6.45, 7) is 1.33. The number of nitrogens with zero attached hydrogens (tertiary/aromatic N) is 1. The summed E-state index contributed by atoms with van der Waals surface area (Å²) < 4.78 is 24.3. The van der Waals surface area contributed by atoms with Crippen molar-refractivity contribution < 1.29 is 8.42 Å². The maximum atomic E-state index is 12.1. The minimum Gasteiger partial charge on any atom is -0.315 e. The van der Waals surface area contributed by atoms with Crippen LogP contribution in [-0.2, 0) is 9.84 Å². The summed E-state index contributed by atoms with van der Waals surface area (Å²) in [6, 6.07) is 8.05. The summed E-state index contributed by atoms with van der Waals surface area (Å²) >= 11 is 0. The second-order valence-corrected chi connectivity index (χ2v) is 7.42. The van der Waals surface area contributed by atoms with Crippen LogP contribution in [0.1, 0.15) is 24.8 Å². The second kappa shape index (κ2) is 7.39. The lowest BCUT2D eigenvalue weighted by atomic mass is 9.94. The highest BCUT2D eigenvalue weighted by Gasteiger charge is 2.14. The molecule has 0 spiro atoms. The number of benzene rings is 1. The largest absolute Gasteiger partial charge is 0.315 e. The van der Waals surface area contributed by atoms with E-state index in [0.29, 0.717) is 18.0 Å². The summed E-state index contributed by atoms with van der Waals surface area (Å²) in [5.41, 5.74) is 0.470. The maximum absolute atomic E-state index is 12.1. The number of allylic oxidation sites excluding steroid dienone is 2. The Bertz CT molecular complexity index is 627. The van der Waals surface area contributed by atoms with Crippen molar-refractivity contribution in [1.29, 1.82) is 5.26 Å². The molecule has 5 heteroatoms. The van der Waals surface area contributed by atoms with Crippen LogP contribution in [0, 0.1) is 17.2 Å². The summed E-state index contributed by atoms with van der Waals surface area (Å²) in [6.07, 6.45) is 7.77. The van der Waals surface area contributed by atoms with E-state index in [1.807, 2.05) is 6.07 Å². The van der Waals surface area contributed by atoms with E-state index in [-0.39, 0.29) is 10.6 Å². The Hall–Kier alpha value is -1.64.